The molecule has 0 bridgehead atoms. The summed E-state index contributed by atoms with van der Waals surface area (Å²) < 4.78 is 19.5. The van der Waals surface area contributed by atoms with Crippen LogP contribution in [0.1, 0.15) is 39.2 Å². The third-order valence-electron chi connectivity index (χ3n) is 3.80. The molecule has 1 aromatic rings. The smallest absolute Gasteiger partial charge is 0.414 e. The topological polar surface area (TPSA) is 49.8 Å². The van der Waals surface area contributed by atoms with Crippen LogP contribution in [0.25, 0.3) is 0 Å². The number of carbonyl (C=O) groups is 1. The maximum atomic E-state index is 14.1. The third kappa shape index (κ3) is 2.01. The van der Waals surface area contributed by atoms with Crippen LogP contribution in [0, 0.1) is 5.82 Å². The van der Waals surface area contributed by atoms with Gasteiger partial charge in [-0.05, 0) is 33.6 Å². The van der Waals surface area contributed by atoms with Crippen LogP contribution < -0.4 is 4.90 Å². The summed E-state index contributed by atoms with van der Waals surface area (Å²) in [6.07, 6.45) is 1.23. The molecular weight excluding hydrogens is 261 g/mol. The number of rotatable bonds is 0. The van der Waals surface area contributed by atoms with Gasteiger partial charge in [0.15, 0.2) is 0 Å². The second-order valence-corrected chi connectivity index (χ2v) is 6.67. The highest BCUT2D eigenvalue weighted by Gasteiger charge is 2.55. The fraction of sp³-hybridized carbons (Fsp3) is 0.533. The van der Waals surface area contributed by atoms with Gasteiger partial charge >= 0.3 is 6.09 Å². The van der Waals surface area contributed by atoms with E-state index in [0.717, 1.165) is 18.9 Å². The van der Waals surface area contributed by atoms with Crippen LogP contribution in [0.2, 0.25) is 0 Å². The Kier molecular flexibility index (Phi) is 2.56. The number of phenols is 1. The number of amides is 1. The number of halogens is 1. The molecule has 1 saturated carbocycles. The van der Waals surface area contributed by atoms with Crippen LogP contribution in [-0.2, 0) is 10.2 Å². The SMILES string of the molecule is CC(C)(C)OC(=O)N1CC2(CC2)c2c(F)cc(O)cc21. The van der Waals surface area contributed by atoms with Crippen LogP contribution in [-0.4, -0.2) is 23.3 Å². The van der Waals surface area contributed by atoms with Crippen molar-refractivity contribution in [3.63, 3.8) is 0 Å². The number of benzene rings is 1. The van der Waals surface area contributed by atoms with Gasteiger partial charge in [0.1, 0.15) is 17.2 Å². The molecule has 4 nitrogen and oxygen atoms in total. The lowest BCUT2D eigenvalue weighted by molar-refractivity contribution is 0.0581. The standard InChI is InChI=1S/C15H18FNO3/c1-14(2,3)20-13(19)17-8-15(4-5-15)12-10(16)6-9(18)7-11(12)17/h6-7,18H,4-5,8H2,1-3H3. The van der Waals surface area contributed by atoms with E-state index in [1.165, 1.54) is 11.0 Å². The molecule has 5 heteroatoms. The van der Waals surface area contributed by atoms with Crippen LogP contribution >= 0.6 is 0 Å². The zero-order valence-corrected chi connectivity index (χ0v) is 11.9. The molecule has 1 aliphatic carbocycles. The minimum atomic E-state index is -0.605. The number of nitrogens with zero attached hydrogens (tertiary/aromatic N) is 1. The highest BCUT2D eigenvalue weighted by atomic mass is 19.1. The molecule has 1 amide bonds. The summed E-state index contributed by atoms with van der Waals surface area (Å²) in [5.41, 5.74) is 0.103. The van der Waals surface area contributed by atoms with Crippen molar-refractivity contribution in [1.29, 1.82) is 0 Å². The Morgan fingerprint density at radius 3 is 2.60 bits per heavy atom. The maximum Gasteiger partial charge on any atom is 0.414 e. The number of ether oxygens (including phenoxy) is 1. The molecule has 0 aromatic heterocycles. The van der Waals surface area contributed by atoms with Gasteiger partial charge < -0.3 is 9.84 Å². The van der Waals surface area contributed by atoms with Crippen molar-refractivity contribution in [1.82, 2.24) is 0 Å². The Hall–Kier alpha value is -1.78. The van der Waals surface area contributed by atoms with Gasteiger partial charge in [-0.25, -0.2) is 9.18 Å². The van der Waals surface area contributed by atoms with Crippen molar-refractivity contribution in [3.8, 4) is 5.75 Å². The maximum absolute atomic E-state index is 14.1. The van der Waals surface area contributed by atoms with Crippen molar-refractivity contribution in [2.75, 3.05) is 11.4 Å². The second-order valence-electron chi connectivity index (χ2n) is 6.67. The zero-order chi connectivity index (χ0) is 14.7. The van der Waals surface area contributed by atoms with Crippen molar-refractivity contribution in [2.24, 2.45) is 0 Å². The number of hydrogen-bond acceptors (Lipinski definition) is 3. The van der Waals surface area contributed by atoms with Crippen molar-refractivity contribution < 1.29 is 19.0 Å². The Bertz CT molecular complexity index is 588. The minimum Gasteiger partial charge on any atom is -0.508 e. The minimum absolute atomic E-state index is 0.174. The van der Waals surface area contributed by atoms with Crippen molar-refractivity contribution in [2.45, 2.75) is 44.6 Å². The first-order valence-electron chi connectivity index (χ1n) is 6.75. The molecule has 1 aliphatic heterocycles. The van der Waals surface area contributed by atoms with E-state index in [-0.39, 0.29) is 11.2 Å². The molecule has 1 aromatic carbocycles. The average molecular weight is 279 g/mol. The Morgan fingerprint density at radius 1 is 1.40 bits per heavy atom. The van der Waals surface area contributed by atoms with Gasteiger partial charge in [0, 0.05) is 29.7 Å². The van der Waals surface area contributed by atoms with E-state index < -0.39 is 17.5 Å². The summed E-state index contributed by atoms with van der Waals surface area (Å²) >= 11 is 0. The monoisotopic (exact) mass is 279 g/mol. The van der Waals surface area contributed by atoms with E-state index in [4.69, 9.17) is 4.74 Å². The number of fused-ring (bicyclic) bond motifs is 2. The largest absolute Gasteiger partial charge is 0.508 e. The molecule has 108 valence electrons. The summed E-state index contributed by atoms with van der Waals surface area (Å²) in [4.78, 5) is 13.7. The highest BCUT2D eigenvalue weighted by Crippen LogP contribution is 2.58. The predicted molar refractivity (Wildman–Crippen MR) is 72.6 cm³/mol. The van der Waals surface area contributed by atoms with Crippen LogP contribution in [0.15, 0.2) is 12.1 Å². The van der Waals surface area contributed by atoms with Crippen LogP contribution in [0.5, 0.6) is 5.75 Å². The molecule has 1 N–H and O–H groups in total. The summed E-state index contributed by atoms with van der Waals surface area (Å²) in [6, 6.07) is 2.55. The first-order valence-corrected chi connectivity index (χ1v) is 6.75. The Balaban J connectivity index is 2.00. The highest BCUT2D eigenvalue weighted by molar-refractivity contribution is 5.92. The second kappa shape index (κ2) is 3.87. The van der Waals surface area contributed by atoms with Gasteiger partial charge in [0.2, 0.25) is 0 Å². The zero-order valence-electron chi connectivity index (χ0n) is 11.9. The molecule has 0 saturated heterocycles. The summed E-state index contributed by atoms with van der Waals surface area (Å²) in [5, 5.41) is 9.58. The van der Waals surface area contributed by atoms with E-state index in [2.05, 4.69) is 0 Å². The van der Waals surface area contributed by atoms with E-state index in [9.17, 15) is 14.3 Å². The van der Waals surface area contributed by atoms with E-state index in [1.54, 1.807) is 20.8 Å². The summed E-state index contributed by atoms with van der Waals surface area (Å²) in [7, 11) is 0. The molecular formula is C15H18FNO3. The number of aromatic hydroxyl groups is 1. The fourth-order valence-corrected chi connectivity index (χ4v) is 2.82. The van der Waals surface area contributed by atoms with Gasteiger partial charge in [0.05, 0.1) is 5.69 Å². The molecule has 1 fully saturated rings. The van der Waals surface area contributed by atoms with E-state index in [0.29, 0.717) is 17.8 Å². The molecule has 20 heavy (non-hydrogen) atoms. The molecule has 0 atom stereocenters. The van der Waals surface area contributed by atoms with Gasteiger partial charge in [0.25, 0.3) is 0 Å². The number of phenolic OH excluding ortho intramolecular Hbond substituents is 1. The van der Waals surface area contributed by atoms with Crippen molar-refractivity contribution >= 4 is 11.8 Å². The van der Waals surface area contributed by atoms with E-state index >= 15 is 0 Å². The molecule has 0 unspecified atom stereocenters. The first kappa shape index (κ1) is 13.2. The quantitative estimate of drug-likeness (QED) is 0.792. The molecule has 3 rings (SSSR count). The average Bonchev–Trinajstić information content (AvgIpc) is 2.94. The number of hydrogen-bond donors (Lipinski definition) is 1. The Morgan fingerprint density at radius 2 is 2.05 bits per heavy atom. The summed E-state index contributed by atoms with van der Waals surface area (Å²) in [5.74, 6) is -0.615. The lowest BCUT2D eigenvalue weighted by atomic mass is 9.98. The summed E-state index contributed by atoms with van der Waals surface area (Å²) in [6.45, 7) is 5.80. The third-order valence-corrected chi connectivity index (χ3v) is 3.80. The van der Waals surface area contributed by atoms with Gasteiger partial charge in [-0.2, -0.15) is 0 Å². The van der Waals surface area contributed by atoms with E-state index in [1.807, 2.05) is 0 Å². The van der Waals surface area contributed by atoms with Crippen LogP contribution in [0.4, 0.5) is 14.9 Å². The number of carbonyl (C=O) groups excluding carboxylic acids is 1. The lowest BCUT2D eigenvalue weighted by Crippen LogP contribution is -2.37. The van der Waals surface area contributed by atoms with Gasteiger partial charge in [-0.1, -0.05) is 0 Å². The van der Waals surface area contributed by atoms with Crippen molar-refractivity contribution in [3.05, 3.63) is 23.5 Å². The Labute approximate surface area is 117 Å². The first-order chi connectivity index (χ1) is 9.22. The number of anilines is 1. The molecule has 0 radical (unpaired) electrons. The molecule has 1 heterocycles. The van der Waals surface area contributed by atoms with Gasteiger partial charge in [-0.3, -0.25) is 4.90 Å². The van der Waals surface area contributed by atoms with Crippen LogP contribution in [0.3, 0.4) is 0 Å². The normalized spacial score (nSPS) is 19.1. The lowest BCUT2D eigenvalue weighted by Gasteiger charge is -2.25. The molecule has 1 spiro atoms. The van der Waals surface area contributed by atoms with Gasteiger partial charge in [-0.15, -0.1) is 0 Å². The predicted octanol–water partition coefficient (Wildman–Crippen LogP) is 3.32. The molecule has 2 aliphatic rings. The fourth-order valence-electron chi connectivity index (χ4n) is 2.82.